The van der Waals surface area contributed by atoms with E-state index in [1.54, 1.807) is 12.5 Å². The van der Waals surface area contributed by atoms with Crippen LogP contribution in [0.4, 0.5) is 0 Å². The summed E-state index contributed by atoms with van der Waals surface area (Å²) in [6.45, 7) is 11.0. The number of nitrogens with one attached hydrogen (secondary N) is 1. The molecule has 2 aliphatic rings. The van der Waals surface area contributed by atoms with Gasteiger partial charge in [0.25, 0.3) is 0 Å². The van der Waals surface area contributed by atoms with Crippen LogP contribution in [0.15, 0.2) is 28.0 Å². The zero-order valence-corrected chi connectivity index (χ0v) is 18.7. The first-order valence-electron chi connectivity index (χ1n) is 9.76. The molecule has 0 aromatic carbocycles. The molecule has 3 heterocycles. The Morgan fingerprint density at radius 2 is 1.89 bits per heavy atom. The molecule has 1 aromatic heterocycles. The molecule has 0 bridgehead atoms. The highest BCUT2D eigenvalue weighted by molar-refractivity contribution is 14.0. The number of likely N-dealkylation sites (tertiary alicyclic amines) is 1. The second-order valence-electron chi connectivity index (χ2n) is 7.03. The molecule has 2 fully saturated rings. The average molecular weight is 489 g/mol. The molecular formula is C19H32IN5O2. The molecule has 2 aliphatic heterocycles. The molecule has 0 spiro atoms. The minimum atomic E-state index is -0.0271. The maximum absolute atomic E-state index is 12.6. The number of carbonyl (C=O) groups excluding carboxylic acids is 1. The largest absolute Gasteiger partial charge is 0.472 e. The quantitative estimate of drug-likeness (QED) is 0.390. The number of piperazine rings is 1. The second-order valence-corrected chi connectivity index (χ2v) is 7.03. The van der Waals surface area contributed by atoms with E-state index in [1.807, 2.05) is 11.0 Å². The molecular weight excluding hydrogens is 457 g/mol. The summed E-state index contributed by atoms with van der Waals surface area (Å²) < 4.78 is 5.11. The SMILES string of the molecule is CCNC(=NCc1ccoc1)N1CCN(C(C)C(=O)N2CCCC2)CC1.I. The minimum Gasteiger partial charge on any atom is -0.472 e. The first-order valence-corrected chi connectivity index (χ1v) is 9.76. The van der Waals surface area contributed by atoms with Crippen molar-refractivity contribution in [3.63, 3.8) is 0 Å². The number of carbonyl (C=O) groups is 1. The lowest BCUT2D eigenvalue weighted by atomic mass is 10.2. The third-order valence-corrected chi connectivity index (χ3v) is 5.26. The van der Waals surface area contributed by atoms with E-state index in [2.05, 4.69) is 29.0 Å². The van der Waals surface area contributed by atoms with Gasteiger partial charge in [-0.05, 0) is 32.8 Å². The first kappa shape index (κ1) is 22.0. The zero-order chi connectivity index (χ0) is 18.4. The van der Waals surface area contributed by atoms with Crippen LogP contribution in [0, 0.1) is 0 Å². The van der Waals surface area contributed by atoms with Crippen molar-refractivity contribution in [2.45, 2.75) is 39.3 Å². The molecule has 0 saturated carbocycles. The molecule has 3 rings (SSSR count). The molecule has 1 N–H and O–H groups in total. The lowest BCUT2D eigenvalue weighted by Crippen LogP contribution is -2.57. The van der Waals surface area contributed by atoms with Gasteiger partial charge in [-0.15, -0.1) is 24.0 Å². The van der Waals surface area contributed by atoms with Crippen LogP contribution in [0.25, 0.3) is 0 Å². The van der Waals surface area contributed by atoms with E-state index in [0.29, 0.717) is 6.54 Å². The van der Waals surface area contributed by atoms with Crippen molar-refractivity contribution in [3.05, 3.63) is 24.2 Å². The molecule has 8 heteroatoms. The van der Waals surface area contributed by atoms with E-state index in [9.17, 15) is 4.79 Å². The molecule has 7 nitrogen and oxygen atoms in total. The van der Waals surface area contributed by atoms with Gasteiger partial charge in [0.2, 0.25) is 5.91 Å². The number of nitrogens with zero attached hydrogens (tertiary/aromatic N) is 4. The minimum absolute atomic E-state index is 0. The van der Waals surface area contributed by atoms with Gasteiger partial charge in [0.15, 0.2) is 5.96 Å². The normalized spacial score (nSPS) is 19.7. The number of amides is 1. The molecule has 1 unspecified atom stereocenters. The zero-order valence-electron chi connectivity index (χ0n) is 16.4. The summed E-state index contributed by atoms with van der Waals surface area (Å²) >= 11 is 0. The summed E-state index contributed by atoms with van der Waals surface area (Å²) in [6, 6.07) is 1.91. The fourth-order valence-corrected chi connectivity index (χ4v) is 3.65. The molecule has 2 saturated heterocycles. The van der Waals surface area contributed by atoms with E-state index in [1.165, 1.54) is 0 Å². The van der Waals surface area contributed by atoms with Gasteiger partial charge in [0, 0.05) is 51.4 Å². The highest BCUT2D eigenvalue weighted by Gasteiger charge is 2.30. The van der Waals surface area contributed by atoms with Gasteiger partial charge in [-0.1, -0.05) is 0 Å². The van der Waals surface area contributed by atoms with Crippen LogP contribution in [0.5, 0.6) is 0 Å². The van der Waals surface area contributed by atoms with Gasteiger partial charge in [0.05, 0.1) is 25.1 Å². The van der Waals surface area contributed by atoms with Crippen molar-refractivity contribution in [2.24, 2.45) is 4.99 Å². The van der Waals surface area contributed by atoms with E-state index in [-0.39, 0.29) is 35.9 Å². The average Bonchev–Trinajstić information content (AvgIpc) is 3.38. The number of hydrogen-bond acceptors (Lipinski definition) is 4. The van der Waals surface area contributed by atoms with Crippen molar-refractivity contribution in [3.8, 4) is 0 Å². The maximum atomic E-state index is 12.6. The van der Waals surface area contributed by atoms with Crippen LogP contribution in [0.2, 0.25) is 0 Å². The highest BCUT2D eigenvalue weighted by Crippen LogP contribution is 2.14. The number of guanidine groups is 1. The lowest BCUT2D eigenvalue weighted by molar-refractivity contribution is -0.135. The molecule has 0 aliphatic carbocycles. The summed E-state index contributed by atoms with van der Waals surface area (Å²) in [7, 11) is 0. The molecule has 27 heavy (non-hydrogen) atoms. The van der Waals surface area contributed by atoms with Crippen molar-refractivity contribution in [2.75, 3.05) is 45.8 Å². The van der Waals surface area contributed by atoms with Gasteiger partial charge in [-0.3, -0.25) is 9.69 Å². The lowest BCUT2D eigenvalue weighted by Gasteiger charge is -2.39. The molecule has 1 aromatic rings. The van der Waals surface area contributed by atoms with Crippen LogP contribution in [0.1, 0.15) is 32.3 Å². The standard InChI is InChI=1S/C19H31N5O2.HI/c1-3-20-19(21-14-17-6-13-26-15-17)24-11-9-22(10-12-24)16(2)18(25)23-7-4-5-8-23;/h6,13,15-16H,3-5,7-12,14H2,1-2H3,(H,20,21);1H. The van der Waals surface area contributed by atoms with Crippen molar-refractivity contribution < 1.29 is 9.21 Å². The van der Waals surface area contributed by atoms with Crippen LogP contribution in [0.3, 0.4) is 0 Å². The first-order chi connectivity index (χ1) is 12.7. The van der Waals surface area contributed by atoms with E-state index >= 15 is 0 Å². The second kappa shape index (κ2) is 10.9. The predicted octanol–water partition coefficient (Wildman–Crippen LogP) is 1.99. The van der Waals surface area contributed by atoms with Crippen molar-refractivity contribution in [1.82, 2.24) is 20.0 Å². The summed E-state index contributed by atoms with van der Waals surface area (Å²) in [5.74, 6) is 1.23. The Balaban J connectivity index is 0.00000261. The Bertz CT molecular complexity index is 593. The number of halogens is 1. The van der Waals surface area contributed by atoms with E-state index < -0.39 is 0 Å². The third-order valence-electron chi connectivity index (χ3n) is 5.26. The Hall–Kier alpha value is -1.29. The third kappa shape index (κ3) is 5.84. The van der Waals surface area contributed by atoms with Crippen LogP contribution in [-0.4, -0.2) is 78.4 Å². The van der Waals surface area contributed by atoms with Crippen LogP contribution >= 0.6 is 24.0 Å². The Morgan fingerprint density at radius 3 is 2.48 bits per heavy atom. The Morgan fingerprint density at radius 1 is 1.19 bits per heavy atom. The number of aliphatic imine (C=N–C) groups is 1. The van der Waals surface area contributed by atoms with Crippen LogP contribution < -0.4 is 5.32 Å². The van der Waals surface area contributed by atoms with Gasteiger partial charge in [0.1, 0.15) is 0 Å². The summed E-state index contributed by atoms with van der Waals surface area (Å²) in [5.41, 5.74) is 1.07. The van der Waals surface area contributed by atoms with Crippen LogP contribution in [-0.2, 0) is 11.3 Å². The van der Waals surface area contributed by atoms with Gasteiger partial charge >= 0.3 is 0 Å². The molecule has 1 amide bonds. The van der Waals surface area contributed by atoms with Gasteiger partial charge in [-0.25, -0.2) is 4.99 Å². The fourth-order valence-electron chi connectivity index (χ4n) is 3.65. The Labute approximate surface area is 179 Å². The summed E-state index contributed by atoms with van der Waals surface area (Å²) in [4.78, 5) is 24.0. The molecule has 152 valence electrons. The fraction of sp³-hybridized carbons (Fsp3) is 0.684. The highest BCUT2D eigenvalue weighted by atomic mass is 127. The number of hydrogen-bond donors (Lipinski definition) is 1. The van der Waals surface area contributed by atoms with Gasteiger partial charge < -0.3 is 19.5 Å². The number of furan rings is 1. The van der Waals surface area contributed by atoms with Crippen molar-refractivity contribution >= 4 is 35.8 Å². The monoisotopic (exact) mass is 489 g/mol. The topological polar surface area (TPSA) is 64.3 Å². The summed E-state index contributed by atoms with van der Waals surface area (Å²) in [5, 5.41) is 3.38. The smallest absolute Gasteiger partial charge is 0.239 e. The predicted molar refractivity (Wildman–Crippen MR) is 117 cm³/mol. The van der Waals surface area contributed by atoms with Gasteiger partial charge in [-0.2, -0.15) is 0 Å². The molecule has 1 atom stereocenters. The Kier molecular flexibility index (Phi) is 8.88. The molecule has 0 radical (unpaired) electrons. The van der Waals surface area contributed by atoms with E-state index in [4.69, 9.17) is 9.41 Å². The summed E-state index contributed by atoms with van der Waals surface area (Å²) in [6.07, 6.45) is 5.70. The number of rotatable bonds is 5. The van der Waals surface area contributed by atoms with Crippen molar-refractivity contribution in [1.29, 1.82) is 0 Å². The maximum Gasteiger partial charge on any atom is 0.239 e. The van der Waals surface area contributed by atoms with E-state index in [0.717, 1.165) is 70.2 Å².